The summed E-state index contributed by atoms with van der Waals surface area (Å²) in [7, 11) is 0. The summed E-state index contributed by atoms with van der Waals surface area (Å²) in [6, 6.07) is 9.19. The van der Waals surface area contributed by atoms with Crippen LogP contribution < -0.4 is 5.43 Å². The van der Waals surface area contributed by atoms with E-state index in [1.807, 2.05) is 18.4 Å². The highest BCUT2D eigenvalue weighted by Crippen LogP contribution is 2.32. The number of nitro groups is 1. The fourth-order valence-electron chi connectivity index (χ4n) is 2.19. The number of furan rings is 1. The molecule has 9 heteroatoms. The van der Waals surface area contributed by atoms with Crippen LogP contribution in [0.1, 0.15) is 21.0 Å². The number of thiophene rings is 1. The van der Waals surface area contributed by atoms with Crippen LogP contribution in [0.2, 0.25) is 5.02 Å². The van der Waals surface area contributed by atoms with Crippen LogP contribution in [0.15, 0.2) is 51.3 Å². The van der Waals surface area contributed by atoms with Gasteiger partial charge in [-0.05, 0) is 42.1 Å². The van der Waals surface area contributed by atoms with Gasteiger partial charge in [-0.2, -0.15) is 5.10 Å². The number of halogens is 1. The van der Waals surface area contributed by atoms with E-state index in [2.05, 4.69) is 10.5 Å². The predicted molar refractivity (Wildman–Crippen MR) is 99.9 cm³/mol. The minimum Gasteiger partial charge on any atom is -0.455 e. The lowest BCUT2D eigenvalue weighted by atomic mass is 10.1. The van der Waals surface area contributed by atoms with Gasteiger partial charge in [-0.25, -0.2) is 5.43 Å². The number of aryl methyl sites for hydroxylation is 1. The minimum absolute atomic E-state index is 0.0883. The van der Waals surface area contributed by atoms with Crippen molar-refractivity contribution in [2.24, 2.45) is 5.10 Å². The molecule has 0 saturated heterocycles. The molecule has 0 aliphatic rings. The molecule has 0 radical (unpaired) electrons. The highest BCUT2D eigenvalue weighted by atomic mass is 35.5. The second-order valence-electron chi connectivity index (χ2n) is 5.26. The molecule has 0 aliphatic heterocycles. The topological polar surface area (TPSA) is 97.7 Å². The molecular formula is C17H12ClN3O4S. The number of nitrogens with zero attached hydrogens (tertiary/aromatic N) is 2. The first-order chi connectivity index (χ1) is 12.5. The number of carbonyl (C=O) groups excluding carboxylic acids is 1. The third kappa shape index (κ3) is 3.81. The fourth-order valence-corrected chi connectivity index (χ4v) is 3.22. The SMILES string of the molecule is Cc1ccsc1C(=O)NN=Cc1ccc(-c2cc([N+](=O)[O-])ccc2Cl)o1. The molecule has 0 unspecified atom stereocenters. The van der Waals surface area contributed by atoms with Crippen molar-refractivity contribution in [3.63, 3.8) is 0 Å². The Morgan fingerprint density at radius 1 is 1.35 bits per heavy atom. The van der Waals surface area contributed by atoms with Crippen LogP contribution in [0.5, 0.6) is 0 Å². The Kier molecular flexibility index (Phi) is 5.15. The molecule has 0 aliphatic carbocycles. The molecule has 3 rings (SSSR count). The van der Waals surface area contributed by atoms with E-state index in [1.54, 1.807) is 12.1 Å². The van der Waals surface area contributed by atoms with Crippen LogP contribution in [0.4, 0.5) is 5.69 Å². The monoisotopic (exact) mass is 389 g/mol. The van der Waals surface area contributed by atoms with Crippen LogP contribution in [-0.2, 0) is 0 Å². The molecule has 0 atom stereocenters. The molecule has 3 aromatic rings. The summed E-state index contributed by atoms with van der Waals surface area (Å²) in [5, 5.41) is 16.9. The summed E-state index contributed by atoms with van der Waals surface area (Å²) in [6.45, 7) is 1.84. The second kappa shape index (κ2) is 7.51. The van der Waals surface area contributed by atoms with Crippen LogP contribution in [-0.4, -0.2) is 17.0 Å². The van der Waals surface area contributed by atoms with E-state index in [0.29, 0.717) is 27.0 Å². The summed E-state index contributed by atoms with van der Waals surface area (Å²) < 4.78 is 5.58. The van der Waals surface area contributed by atoms with Crippen LogP contribution in [0, 0.1) is 17.0 Å². The van der Waals surface area contributed by atoms with Crippen molar-refractivity contribution in [1.29, 1.82) is 0 Å². The van der Waals surface area contributed by atoms with Crippen molar-refractivity contribution in [3.05, 3.63) is 73.1 Å². The van der Waals surface area contributed by atoms with E-state index in [4.69, 9.17) is 16.0 Å². The normalized spacial score (nSPS) is 11.0. The number of hydrogen-bond acceptors (Lipinski definition) is 6. The zero-order chi connectivity index (χ0) is 18.7. The molecule has 0 bridgehead atoms. The highest BCUT2D eigenvalue weighted by molar-refractivity contribution is 7.12. The standard InChI is InChI=1S/C17H12ClN3O4S/c1-10-6-7-26-16(10)17(22)20-19-9-12-3-5-15(25-12)13-8-11(21(23)24)2-4-14(13)18/h2-9H,1H3,(H,20,22). The molecule has 0 spiro atoms. The second-order valence-corrected chi connectivity index (χ2v) is 6.58. The van der Waals surface area contributed by atoms with Crippen LogP contribution in [0.25, 0.3) is 11.3 Å². The lowest BCUT2D eigenvalue weighted by Gasteiger charge is -2.00. The fraction of sp³-hybridized carbons (Fsp3) is 0.0588. The Labute approximate surface area is 157 Å². The quantitative estimate of drug-likeness (QED) is 0.390. The molecule has 2 heterocycles. The van der Waals surface area contributed by atoms with Gasteiger partial charge in [0.05, 0.1) is 21.0 Å². The minimum atomic E-state index is -0.507. The zero-order valence-corrected chi connectivity index (χ0v) is 15.0. The summed E-state index contributed by atoms with van der Waals surface area (Å²) in [6.07, 6.45) is 1.34. The Bertz CT molecular complexity index is 1010. The van der Waals surface area contributed by atoms with Gasteiger partial charge in [0.15, 0.2) is 0 Å². The number of non-ortho nitro benzene ring substituents is 1. The molecule has 1 aromatic carbocycles. The Hall–Kier alpha value is -2.97. The maximum absolute atomic E-state index is 12.0. The Morgan fingerprint density at radius 3 is 2.85 bits per heavy atom. The summed E-state index contributed by atoms with van der Waals surface area (Å²) in [5.74, 6) is 0.425. The largest absolute Gasteiger partial charge is 0.455 e. The van der Waals surface area contributed by atoms with Gasteiger partial charge in [0, 0.05) is 17.7 Å². The average Bonchev–Trinajstić information content (AvgIpc) is 3.24. The average molecular weight is 390 g/mol. The van der Waals surface area contributed by atoms with E-state index < -0.39 is 4.92 Å². The lowest BCUT2D eigenvalue weighted by molar-refractivity contribution is -0.384. The van der Waals surface area contributed by atoms with Gasteiger partial charge in [0.1, 0.15) is 11.5 Å². The maximum atomic E-state index is 12.0. The molecule has 0 saturated carbocycles. The first kappa shape index (κ1) is 17.8. The third-order valence-electron chi connectivity index (χ3n) is 3.48. The number of rotatable bonds is 5. The molecule has 132 valence electrons. The number of benzene rings is 1. The van der Waals surface area contributed by atoms with Gasteiger partial charge in [-0.15, -0.1) is 11.3 Å². The van der Waals surface area contributed by atoms with Crippen molar-refractivity contribution in [3.8, 4) is 11.3 Å². The van der Waals surface area contributed by atoms with E-state index in [0.717, 1.165) is 5.56 Å². The van der Waals surface area contributed by atoms with E-state index >= 15 is 0 Å². The van der Waals surface area contributed by atoms with Crippen molar-refractivity contribution in [2.45, 2.75) is 6.92 Å². The first-order valence-corrected chi connectivity index (χ1v) is 8.63. The Balaban J connectivity index is 1.74. The number of amides is 1. The van der Waals surface area contributed by atoms with Gasteiger partial charge >= 0.3 is 0 Å². The Morgan fingerprint density at radius 2 is 2.15 bits per heavy atom. The number of nitrogens with one attached hydrogen (secondary N) is 1. The third-order valence-corrected chi connectivity index (χ3v) is 4.82. The van der Waals surface area contributed by atoms with E-state index in [1.165, 1.54) is 35.8 Å². The van der Waals surface area contributed by atoms with Gasteiger partial charge in [0.25, 0.3) is 11.6 Å². The molecule has 7 nitrogen and oxygen atoms in total. The number of hydrazone groups is 1. The van der Waals surface area contributed by atoms with Gasteiger partial charge in [-0.3, -0.25) is 14.9 Å². The van der Waals surface area contributed by atoms with Crippen LogP contribution >= 0.6 is 22.9 Å². The highest BCUT2D eigenvalue weighted by Gasteiger charge is 2.14. The van der Waals surface area contributed by atoms with Crippen molar-refractivity contribution >= 4 is 40.7 Å². The van der Waals surface area contributed by atoms with E-state index in [9.17, 15) is 14.9 Å². The lowest BCUT2D eigenvalue weighted by Crippen LogP contribution is -2.17. The van der Waals surface area contributed by atoms with Crippen molar-refractivity contribution in [2.75, 3.05) is 0 Å². The zero-order valence-electron chi connectivity index (χ0n) is 13.4. The number of hydrogen-bond donors (Lipinski definition) is 1. The maximum Gasteiger partial charge on any atom is 0.281 e. The molecular weight excluding hydrogens is 378 g/mol. The van der Waals surface area contributed by atoms with Crippen molar-refractivity contribution < 1.29 is 14.1 Å². The number of carbonyl (C=O) groups is 1. The molecule has 1 N–H and O–H groups in total. The summed E-state index contributed by atoms with van der Waals surface area (Å²) in [4.78, 5) is 22.9. The van der Waals surface area contributed by atoms with Crippen LogP contribution in [0.3, 0.4) is 0 Å². The van der Waals surface area contributed by atoms with Gasteiger partial charge in [-0.1, -0.05) is 11.6 Å². The summed E-state index contributed by atoms with van der Waals surface area (Å²) >= 11 is 7.42. The predicted octanol–water partition coefficient (Wildman–Crippen LogP) is 4.64. The first-order valence-electron chi connectivity index (χ1n) is 7.37. The summed E-state index contributed by atoms with van der Waals surface area (Å²) in [5.41, 5.74) is 3.62. The van der Waals surface area contributed by atoms with Gasteiger partial charge in [0.2, 0.25) is 0 Å². The number of nitro benzene ring substituents is 1. The van der Waals surface area contributed by atoms with E-state index in [-0.39, 0.29) is 11.6 Å². The smallest absolute Gasteiger partial charge is 0.281 e. The molecule has 0 fully saturated rings. The van der Waals surface area contributed by atoms with Gasteiger partial charge < -0.3 is 4.42 Å². The molecule has 26 heavy (non-hydrogen) atoms. The molecule has 1 amide bonds. The molecule has 2 aromatic heterocycles. The van der Waals surface area contributed by atoms with Crippen molar-refractivity contribution in [1.82, 2.24) is 5.43 Å².